The molecule has 0 aromatic carbocycles. The normalized spacial score (nSPS) is 10.2. The number of nitrogens with one attached hydrogen (secondary N) is 2. The third-order valence-electron chi connectivity index (χ3n) is 3.13. The summed E-state index contributed by atoms with van der Waals surface area (Å²) in [5.41, 5.74) is 2.46. The summed E-state index contributed by atoms with van der Waals surface area (Å²) in [5, 5.41) is 8.25. The van der Waals surface area contributed by atoms with Gasteiger partial charge in [-0.05, 0) is 18.2 Å². The van der Waals surface area contributed by atoms with E-state index in [4.69, 9.17) is 4.74 Å². The Morgan fingerprint density at radius 3 is 2.79 bits per heavy atom. The molecule has 3 aromatic rings. The van der Waals surface area contributed by atoms with Gasteiger partial charge in [0, 0.05) is 29.4 Å². The third kappa shape index (κ3) is 4.05. The standard InChI is InChI=1S/C16H15N5O2S/c1-23-14-3-2-12(8-18-14)20-16(22)19-9-15-21-13(10-24-15)11-4-6-17-7-5-11/h2-8,10H,9H2,1H3,(H2,19,20,22). The fourth-order valence-electron chi connectivity index (χ4n) is 1.95. The highest BCUT2D eigenvalue weighted by Crippen LogP contribution is 2.20. The Kier molecular flexibility index (Phi) is 4.97. The maximum Gasteiger partial charge on any atom is 0.319 e. The van der Waals surface area contributed by atoms with Gasteiger partial charge in [0.2, 0.25) is 5.88 Å². The summed E-state index contributed by atoms with van der Waals surface area (Å²) in [6.45, 7) is 0.352. The van der Waals surface area contributed by atoms with Gasteiger partial charge < -0.3 is 15.4 Å². The van der Waals surface area contributed by atoms with E-state index in [1.54, 1.807) is 24.5 Å². The molecule has 0 saturated heterocycles. The average molecular weight is 341 g/mol. The molecule has 0 spiro atoms. The van der Waals surface area contributed by atoms with Crippen LogP contribution in [0.5, 0.6) is 5.88 Å². The van der Waals surface area contributed by atoms with Crippen LogP contribution in [-0.2, 0) is 6.54 Å². The van der Waals surface area contributed by atoms with Crippen molar-refractivity contribution < 1.29 is 9.53 Å². The van der Waals surface area contributed by atoms with Crippen molar-refractivity contribution in [3.63, 3.8) is 0 Å². The maximum absolute atomic E-state index is 11.9. The van der Waals surface area contributed by atoms with Gasteiger partial charge >= 0.3 is 6.03 Å². The molecule has 0 aliphatic heterocycles. The zero-order valence-corrected chi connectivity index (χ0v) is 13.7. The first-order valence-electron chi connectivity index (χ1n) is 7.14. The molecule has 3 aromatic heterocycles. The van der Waals surface area contributed by atoms with Crippen molar-refractivity contribution in [1.29, 1.82) is 0 Å². The smallest absolute Gasteiger partial charge is 0.319 e. The summed E-state index contributed by atoms with van der Waals surface area (Å²) < 4.78 is 4.97. The van der Waals surface area contributed by atoms with E-state index in [1.807, 2.05) is 17.5 Å². The first-order chi connectivity index (χ1) is 11.7. The summed E-state index contributed by atoms with van der Waals surface area (Å²) in [6.07, 6.45) is 4.98. The first kappa shape index (κ1) is 15.9. The summed E-state index contributed by atoms with van der Waals surface area (Å²) in [6, 6.07) is 6.88. The lowest BCUT2D eigenvalue weighted by atomic mass is 10.2. The number of anilines is 1. The molecule has 8 heteroatoms. The topological polar surface area (TPSA) is 89.0 Å². The van der Waals surface area contributed by atoms with Crippen LogP contribution in [-0.4, -0.2) is 28.1 Å². The van der Waals surface area contributed by atoms with Gasteiger partial charge in [-0.3, -0.25) is 4.98 Å². The highest BCUT2D eigenvalue weighted by atomic mass is 32.1. The van der Waals surface area contributed by atoms with E-state index in [2.05, 4.69) is 25.6 Å². The average Bonchev–Trinajstić information content (AvgIpc) is 3.10. The minimum absolute atomic E-state index is 0.317. The van der Waals surface area contributed by atoms with Crippen LogP contribution < -0.4 is 15.4 Å². The van der Waals surface area contributed by atoms with E-state index >= 15 is 0 Å². The molecule has 24 heavy (non-hydrogen) atoms. The SMILES string of the molecule is COc1ccc(NC(=O)NCc2nc(-c3ccncc3)cs2)cn1. The van der Waals surface area contributed by atoms with Crippen molar-refractivity contribution in [3.8, 4) is 17.1 Å². The second-order valence-electron chi connectivity index (χ2n) is 4.76. The van der Waals surface area contributed by atoms with E-state index in [-0.39, 0.29) is 6.03 Å². The van der Waals surface area contributed by atoms with Crippen LogP contribution in [0.4, 0.5) is 10.5 Å². The summed E-state index contributed by atoms with van der Waals surface area (Å²) in [5.74, 6) is 0.493. The minimum atomic E-state index is -0.317. The Bertz CT molecular complexity index is 805. The highest BCUT2D eigenvalue weighted by Gasteiger charge is 2.07. The van der Waals surface area contributed by atoms with E-state index in [1.165, 1.54) is 24.6 Å². The monoisotopic (exact) mass is 341 g/mol. The van der Waals surface area contributed by atoms with Gasteiger partial charge in [-0.2, -0.15) is 0 Å². The van der Waals surface area contributed by atoms with Gasteiger partial charge in [0.05, 0.1) is 31.2 Å². The van der Waals surface area contributed by atoms with Gasteiger partial charge in [-0.25, -0.2) is 14.8 Å². The quantitative estimate of drug-likeness (QED) is 0.745. The maximum atomic E-state index is 11.9. The fourth-order valence-corrected chi connectivity index (χ4v) is 2.70. The van der Waals surface area contributed by atoms with Gasteiger partial charge in [0.25, 0.3) is 0 Å². The molecule has 0 aliphatic rings. The zero-order chi connectivity index (χ0) is 16.8. The number of nitrogens with zero attached hydrogens (tertiary/aromatic N) is 3. The van der Waals surface area contributed by atoms with E-state index in [9.17, 15) is 4.79 Å². The predicted octanol–water partition coefficient (Wildman–Crippen LogP) is 2.93. The molecule has 3 heterocycles. The van der Waals surface area contributed by atoms with E-state index < -0.39 is 0 Å². The molecular formula is C16H15N5O2S. The van der Waals surface area contributed by atoms with Crippen molar-refractivity contribution in [3.05, 3.63) is 53.2 Å². The number of hydrogen-bond donors (Lipinski definition) is 2. The molecule has 122 valence electrons. The predicted molar refractivity (Wildman–Crippen MR) is 92.0 cm³/mol. The minimum Gasteiger partial charge on any atom is -0.481 e. The molecule has 2 N–H and O–H groups in total. The van der Waals surface area contributed by atoms with Crippen LogP contribution in [0.25, 0.3) is 11.3 Å². The fraction of sp³-hybridized carbons (Fsp3) is 0.125. The largest absolute Gasteiger partial charge is 0.481 e. The molecule has 0 unspecified atom stereocenters. The zero-order valence-electron chi connectivity index (χ0n) is 12.9. The Morgan fingerprint density at radius 2 is 2.08 bits per heavy atom. The van der Waals surface area contributed by atoms with Crippen LogP contribution in [0.2, 0.25) is 0 Å². The van der Waals surface area contributed by atoms with Crippen molar-refractivity contribution in [2.75, 3.05) is 12.4 Å². The summed E-state index contributed by atoms with van der Waals surface area (Å²) in [7, 11) is 1.54. The number of hydrogen-bond acceptors (Lipinski definition) is 6. The van der Waals surface area contributed by atoms with E-state index in [0.717, 1.165) is 16.3 Å². The van der Waals surface area contributed by atoms with Gasteiger partial charge in [-0.1, -0.05) is 0 Å². The molecule has 0 atom stereocenters. The number of carbonyl (C=O) groups is 1. The summed E-state index contributed by atoms with van der Waals surface area (Å²) >= 11 is 1.49. The van der Waals surface area contributed by atoms with Crippen LogP contribution in [0, 0.1) is 0 Å². The number of urea groups is 1. The number of aromatic nitrogens is 3. The third-order valence-corrected chi connectivity index (χ3v) is 3.98. The molecule has 0 saturated carbocycles. The lowest BCUT2D eigenvalue weighted by Gasteiger charge is -2.06. The number of thiazole rings is 1. The van der Waals surface area contributed by atoms with Crippen molar-refractivity contribution >= 4 is 23.1 Å². The number of pyridine rings is 2. The molecule has 2 amide bonds. The molecule has 3 rings (SSSR count). The van der Waals surface area contributed by atoms with Crippen LogP contribution in [0.3, 0.4) is 0 Å². The number of carbonyl (C=O) groups excluding carboxylic acids is 1. The Hall–Kier alpha value is -3.00. The van der Waals surface area contributed by atoms with Crippen molar-refractivity contribution in [2.45, 2.75) is 6.54 Å². The van der Waals surface area contributed by atoms with Crippen LogP contribution in [0.1, 0.15) is 5.01 Å². The first-order valence-corrected chi connectivity index (χ1v) is 8.02. The summed E-state index contributed by atoms with van der Waals surface area (Å²) in [4.78, 5) is 24.4. The van der Waals surface area contributed by atoms with Crippen LogP contribution >= 0.6 is 11.3 Å². The second-order valence-corrected chi connectivity index (χ2v) is 5.70. The molecule has 0 aliphatic carbocycles. The Balaban J connectivity index is 1.53. The number of amides is 2. The highest BCUT2D eigenvalue weighted by molar-refractivity contribution is 7.09. The lowest BCUT2D eigenvalue weighted by Crippen LogP contribution is -2.28. The van der Waals surface area contributed by atoms with Gasteiger partial charge in [0.1, 0.15) is 5.01 Å². The lowest BCUT2D eigenvalue weighted by molar-refractivity contribution is 0.251. The van der Waals surface area contributed by atoms with Crippen molar-refractivity contribution in [2.24, 2.45) is 0 Å². The number of rotatable bonds is 5. The van der Waals surface area contributed by atoms with Crippen LogP contribution in [0.15, 0.2) is 48.2 Å². The molecule has 7 nitrogen and oxygen atoms in total. The molecular weight excluding hydrogens is 326 g/mol. The molecule has 0 fully saturated rings. The number of methoxy groups -OCH3 is 1. The molecule has 0 bridgehead atoms. The Labute approximate surface area is 142 Å². The van der Waals surface area contributed by atoms with Gasteiger partial charge in [-0.15, -0.1) is 11.3 Å². The van der Waals surface area contributed by atoms with E-state index in [0.29, 0.717) is 18.1 Å². The number of ether oxygens (including phenoxy) is 1. The Morgan fingerprint density at radius 1 is 1.25 bits per heavy atom. The second kappa shape index (κ2) is 7.51. The molecule has 0 radical (unpaired) electrons. The van der Waals surface area contributed by atoms with Crippen molar-refractivity contribution in [1.82, 2.24) is 20.3 Å². The van der Waals surface area contributed by atoms with Gasteiger partial charge in [0.15, 0.2) is 0 Å².